The van der Waals surface area contributed by atoms with Gasteiger partial charge in [-0.1, -0.05) is 36.4 Å². The van der Waals surface area contributed by atoms with Crippen LogP contribution in [0.5, 0.6) is 5.75 Å². The van der Waals surface area contributed by atoms with Crippen molar-refractivity contribution in [3.63, 3.8) is 0 Å². The Kier molecular flexibility index (Phi) is 8.70. The Hall–Kier alpha value is -2.61. The number of aryl methyl sites for hydroxylation is 1. The summed E-state index contributed by atoms with van der Waals surface area (Å²) in [6.07, 6.45) is 4.88. The summed E-state index contributed by atoms with van der Waals surface area (Å²) in [4.78, 5) is 8.65. The number of hydrogen-bond donors (Lipinski definition) is 2. The van der Waals surface area contributed by atoms with Crippen LogP contribution in [-0.2, 0) is 19.4 Å². The monoisotopic (exact) mass is 528 g/mol. The fraction of sp³-hybridized carbons (Fsp3) is 0.280. The third-order valence-electron chi connectivity index (χ3n) is 5.28. The zero-order valence-corrected chi connectivity index (χ0v) is 20.1. The number of benzene rings is 2. The Morgan fingerprint density at radius 2 is 1.87 bits per heavy atom. The topological polar surface area (TPSA) is 58.5 Å². The molecule has 0 radical (unpaired) electrons. The number of pyridine rings is 1. The molecule has 1 aliphatic rings. The van der Waals surface area contributed by atoms with E-state index in [1.54, 1.807) is 7.05 Å². The van der Waals surface area contributed by atoms with Gasteiger partial charge in [-0.2, -0.15) is 0 Å². The van der Waals surface area contributed by atoms with E-state index in [0.29, 0.717) is 0 Å². The van der Waals surface area contributed by atoms with Gasteiger partial charge in [0.1, 0.15) is 5.75 Å². The lowest BCUT2D eigenvalue weighted by atomic mass is 9.98. The van der Waals surface area contributed by atoms with Crippen molar-refractivity contribution >= 4 is 29.9 Å². The number of nitrogens with one attached hydrogen (secondary N) is 2. The van der Waals surface area contributed by atoms with Crippen LogP contribution in [0.15, 0.2) is 71.9 Å². The van der Waals surface area contributed by atoms with Crippen LogP contribution in [0.3, 0.4) is 0 Å². The van der Waals surface area contributed by atoms with E-state index in [0.717, 1.165) is 56.4 Å². The van der Waals surface area contributed by atoms with Crippen LogP contribution < -0.4 is 15.4 Å². The molecule has 1 aliphatic heterocycles. The molecule has 2 N–H and O–H groups in total. The molecule has 2 aromatic carbocycles. The third-order valence-corrected chi connectivity index (χ3v) is 5.28. The van der Waals surface area contributed by atoms with Crippen molar-refractivity contribution in [2.75, 3.05) is 20.2 Å². The number of rotatable bonds is 6. The predicted molar refractivity (Wildman–Crippen MR) is 137 cm³/mol. The molecule has 0 atom stereocenters. The van der Waals surface area contributed by atoms with Gasteiger partial charge in [-0.15, -0.1) is 24.0 Å². The maximum Gasteiger partial charge on any atom is 0.191 e. The summed E-state index contributed by atoms with van der Waals surface area (Å²) >= 11 is 0. The zero-order chi connectivity index (χ0) is 20.6. The Morgan fingerprint density at radius 1 is 1.03 bits per heavy atom. The predicted octanol–water partition coefficient (Wildman–Crippen LogP) is 4.60. The molecular weight excluding hydrogens is 499 g/mol. The molecule has 31 heavy (non-hydrogen) atoms. The first kappa shape index (κ1) is 23.1. The van der Waals surface area contributed by atoms with E-state index < -0.39 is 0 Å². The van der Waals surface area contributed by atoms with Gasteiger partial charge in [-0.05, 0) is 59.4 Å². The number of aromatic nitrogens is 1. The molecule has 3 aromatic rings. The molecule has 0 amide bonds. The first-order valence-electron chi connectivity index (χ1n) is 10.5. The molecule has 0 spiro atoms. The summed E-state index contributed by atoms with van der Waals surface area (Å²) in [7, 11) is 1.79. The molecule has 0 unspecified atom stereocenters. The number of hydrogen-bond acceptors (Lipinski definition) is 3. The Labute approximate surface area is 201 Å². The molecule has 0 bridgehead atoms. The van der Waals surface area contributed by atoms with Crippen molar-refractivity contribution in [3.05, 3.63) is 83.7 Å². The Bertz CT molecular complexity index is 990. The van der Waals surface area contributed by atoms with E-state index in [2.05, 4.69) is 63.1 Å². The number of guanidine groups is 1. The lowest BCUT2D eigenvalue weighted by molar-refractivity contribution is 0.288. The highest BCUT2D eigenvalue weighted by Crippen LogP contribution is 2.30. The van der Waals surface area contributed by atoms with Gasteiger partial charge in [0.15, 0.2) is 5.96 Å². The van der Waals surface area contributed by atoms with Crippen LogP contribution in [-0.4, -0.2) is 31.1 Å². The first-order valence-corrected chi connectivity index (χ1v) is 10.5. The summed E-state index contributed by atoms with van der Waals surface area (Å²) in [6, 6.07) is 21.2. The summed E-state index contributed by atoms with van der Waals surface area (Å²) in [5.41, 5.74) is 6.07. The van der Waals surface area contributed by atoms with Crippen molar-refractivity contribution in [1.29, 1.82) is 0 Å². The van der Waals surface area contributed by atoms with Crippen LogP contribution in [0, 0.1) is 0 Å². The van der Waals surface area contributed by atoms with Crippen molar-refractivity contribution in [2.24, 2.45) is 4.99 Å². The van der Waals surface area contributed by atoms with Gasteiger partial charge >= 0.3 is 0 Å². The summed E-state index contributed by atoms with van der Waals surface area (Å²) in [5, 5.41) is 6.72. The van der Waals surface area contributed by atoms with E-state index in [1.807, 2.05) is 24.4 Å². The van der Waals surface area contributed by atoms with Crippen LogP contribution in [0.2, 0.25) is 0 Å². The van der Waals surface area contributed by atoms with Crippen molar-refractivity contribution in [3.8, 4) is 16.9 Å². The van der Waals surface area contributed by atoms with Crippen LogP contribution in [0.1, 0.15) is 23.2 Å². The minimum absolute atomic E-state index is 0. The number of fused-ring (bicyclic) bond motifs is 1. The Balaban J connectivity index is 0.00000272. The highest BCUT2D eigenvalue weighted by molar-refractivity contribution is 14.0. The van der Waals surface area contributed by atoms with Crippen molar-refractivity contribution in [1.82, 2.24) is 15.6 Å². The van der Waals surface area contributed by atoms with Crippen LogP contribution >= 0.6 is 24.0 Å². The van der Waals surface area contributed by atoms with E-state index in [4.69, 9.17) is 4.74 Å². The Morgan fingerprint density at radius 3 is 2.65 bits per heavy atom. The number of nitrogens with zero attached hydrogens (tertiary/aromatic N) is 2. The standard InChI is InChI=1S/C25H28N4O.HI/c1-26-25(28-15-13-23-6-2-3-14-27-23)29-18-19-7-9-20(10-8-19)21-11-12-24-22(17-21)5-4-16-30-24;/h2-3,6-12,14,17H,4-5,13,15-16,18H2,1H3,(H2,26,28,29);1H. The molecule has 2 heterocycles. The van der Waals surface area contributed by atoms with Gasteiger partial charge in [0.2, 0.25) is 0 Å². The smallest absolute Gasteiger partial charge is 0.191 e. The van der Waals surface area contributed by atoms with Gasteiger partial charge < -0.3 is 15.4 Å². The average Bonchev–Trinajstić information content (AvgIpc) is 2.82. The van der Waals surface area contributed by atoms with E-state index >= 15 is 0 Å². The van der Waals surface area contributed by atoms with Crippen molar-refractivity contribution < 1.29 is 4.74 Å². The summed E-state index contributed by atoms with van der Waals surface area (Å²) in [5.74, 6) is 1.83. The molecule has 0 fully saturated rings. The molecule has 4 rings (SSSR count). The van der Waals surface area contributed by atoms with E-state index in [1.165, 1.54) is 22.3 Å². The highest BCUT2D eigenvalue weighted by Gasteiger charge is 2.11. The normalized spacial score (nSPS) is 12.9. The first-order chi connectivity index (χ1) is 14.8. The fourth-order valence-corrected chi connectivity index (χ4v) is 3.62. The molecule has 1 aromatic heterocycles. The number of aliphatic imine (C=N–C) groups is 1. The summed E-state index contributed by atoms with van der Waals surface area (Å²) in [6.45, 7) is 2.34. The van der Waals surface area contributed by atoms with Crippen LogP contribution in [0.25, 0.3) is 11.1 Å². The van der Waals surface area contributed by atoms with Crippen molar-refractivity contribution in [2.45, 2.75) is 25.8 Å². The molecular formula is C25H29IN4O. The lowest BCUT2D eigenvalue weighted by Crippen LogP contribution is -2.37. The third kappa shape index (κ3) is 6.43. The maximum atomic E-state index is 5.72. The SMILES string of the molecule is CN=C(NCCc1ccccn1)NCc1ccc(-c2ccc3c(c2)CCCO3)cc1.I. The van der Waals surface area contributed by atoms with Crippen LogP contribution in [0.4, 0.5) is 0 Å². The van der Waals surface area contributed by atoms with Gasteiger partial charge in [0.25, 0.3) is 0 Å². The van der Waals surface area contributed by atoms with Gasteiger partial charge in [0, 0.05) is 38.4 Å². The zero-order valence-electron chi connectivity index (χ0n) is 17.8. The van der Waals surface area contributed by atoms with Gasteiger partial charge in [0.05, 0.1) is 6.61 Å². The largest absolute Gasteiger partial charge is 0.493 e. The average molecular weight is 528 g/mol. The molecule has 0 saturated heterocycles. The number of ether oxygens (including phenoxy) is 1. The minimum atomic E-state index is 0. The molecule has 162 valence electrons. The molecule has 5 nitrogen and oxygen atoms in total. The van der Waals surface area contributed by atoms with E-state index in [-0.39, 0.29) is 24.0 Å². The quantitative estimate of drug-likeness (QED) is 0.279. The van der Waals surface area contributed by atoms with Gasteiger partial charge in [-0.3, -0.25) is 9.98 Å². The lowest BCUT2D eigenvalue weighted by Gasteiger charge is -2.18. The second-order valence-corrected chi connectivity index (χ2v) is 7.40. The number of halogens is 1. The molecule has 6 heteroatoms. The molecule has 0 aliphatic carbocycles. The second kappa shape index (κ2) is 11.7. The van der Waals surface area contributed by atoms with Gasteiger partial charge in [-0.25, -0.2) is 0 Å². The fourth-order valence-electron chi connectivity index (χ4n) is 3.62. The maximum absolute atomic E-state index is 5.72. The minimum Gasteiger partial charge on any atom is -0.493 e. The second-order valence-electron chi connectivity index (χ2n) is 7.40. The highest BCUT2D eigenvalue weighted by atomic mass is 127. The molecule has 0 saturated carbocycles. The van der Waals surface area contributed by atoms with E-state index in [9.17, 15) is 0 Å². The summed E-state index contributed by atoms with van der Waals surface area (Å²) < 4.78 is 5.72.